The van der Waals surface area contributed by atoms with Gasteiger partial charge >= 0.3 is 0 Å². The second kappa shape index (κ2) is 3.83. The van der Waals surface area contributed by atoms with Gasteiger partial charge in [-0.2, -0.15) is 0 Å². The van der Waals surface area contributed by atoms with E-state index in [1.807, 2.05) is 6.92 Å². The van der Waals surface area contributed by atoms with Crippen molar-refractivity contribution in [1.29, 1.82) is 0 Å². The van der Waals surface area contributed by atoms with Crippen LogP contribution in [0.5, 0.6) is 0 Å². The monoisotopic (exact) mass is 160 g/mol. The fourth-order valence-corrected chi connectivity index (χ4v) is 1.80. The summed E-state index contributed by atoms with van der Waals surface area (Å²) in [6.45, 7) is 2.65. The highest BCUT2D eigenvalue weighted by Gasteiger charge is 2.21. The van der Waals surface area contributed by atoms with Gasteiger partial charge in [0.25, 0.3) is 0 Å². The number of likely N-dealkylation sites (N-methyl/N-ethyl adjacent to an activating group) is 1. The number of nitrogens with one attached hydrogen (secondary N) is 2. The molecule has 1 heterocycles. The van der Waals surface area contributed by atoms with E-state index in [4.69, 9.17) is 0 Å². The van der Waals surface area contributed by atoms with Crippen LogP contribution in [0.25, 0.3) is 0 Å². The van der Waals surface area contributed by atoms with Crippen LogP contribution < -0.4 is 10.6 Å². The Morgan fingerprint density at radius 3 is 3.20 bits per heavy atom. The van der Waals surface area contributed by atoms with Gasteiger partial charge in [-0.3, -0.25) is 10.1 Å². The van der Waals surface area contributed by atoms with Crippen molar-refractivity contribution in [3.8, 4) is 0 Å². The first-order valence-electron chi connectivity index (χ1n) is 3.43. The number of carbonyl (C=O) groups is 1. The van der Waals surface area contributed by atoms with Crippen molar-refractivity contribution in [2.24, 2.45) is 0 Å². The summed E-state index contributed by atoms with van der Waals surface area (Å²) in [5.74, 6) is 1.95. The van der Waals surface area contributed by atoms with Crippen molar-refractivity contribution in [2.75, 3.05) is 18.2 Å². The summed E-state index contributed by atoms with van der Waals surface area (Å²) in [7, 11) is 0. The molecule has 1 atom stereocenters. The highest BCUT2D eigenvalue weighted by atomic mass is 32.2. The fourth-order valence-electron chi connectivity index (χ4n) is 0.861. The molecule has 0 aromatic carbocycles. The Balaban J connectivity index is 2.25. The topological polar surface area (TPSA) is 41.1 Å². The minimum atomic E-state index is 0.0462. The van der Waals surface area contributed by atoms with Crippen LogP contribution in [-0.2, 0) is 4.79 Å². The Bertz CT molecular complexity index is 123. The molecule has 0 radical (unpaired) electrons. The number of rotatable bonds is 2. The van der Waals surface area contributed by atoms with Crippen LogP contribution in [0.2, 0.25) is 0 Å². The summed E-state index contributed by atoms with van der Waals surface area (Å²) in [5, 5.41) is 5.86. The van der Waals surface area contributed by atoms with Gasteiger partial charge in [0, 0.05) is 18.2 Å². The van der Waals surface area contributed by atoms with Gasteiger partial charge in [0.1, 0.15) is 0 Å². The molecule has 0 bridgehead atoms. The fraction of sp³-hybridized carbons (Fsp3) is 0.833. The van der Waals surface area contributed by atoms with Gasteiger partial charge in [-0.05, 0) is 6.92 Å². The Labute approximate surface area is 64.9 Å². The highest BCUT2D eigenvalue weighted by molar-refractivity contribution is 7.99. The largest absolute Gasteiger partial charge is 0.355 e. The highest BCUT2D eigenvalue weighted by Crippen LogP contribution is 2.08. The summed E-state index contributed by atoms with van der Waals surface area (Å²) >= 11 is 1.76. The SMILES string of the molecule is CCNC(=O)[C@H]1CSCN1. The molecular formula is C6H12N2OS. The Kier molecular flexibility index (Phi) is 3.02. The lowest BCUT2D eigenvalue weighted by molar-refractivity contribution is -0.122. The molecule has 0 aromatic rings. The summed E-state index contributed by atoms with van der Waals surface area (Å²) < 4.78 is 0. The summed E-state index contributed by atoms with van der Waals surface area (Å²) in [5.41, 5.74) is 0. The van der Waals surface area contributed by atoms with E-state index < -0.39 is 0 Å². The lowest BCUT2D eigenvalue weighted by atomic mass is 10.3. The van der Waals surface area contributed by atoms with Gasteiger partial charge in [0.15, 0.2) is 0 Å². The lowest BCUT2D eigenvalue weighted by Gasteiger charge is -2.07. The van der Waals surface area contributed by atoms with Gasteiger partial charge in [0.05, 0.1) is 6.04 Å². The number of hydrogen-bond donors (Lipinski definition) is 2. The minimum Gasteiger partial charge on any atom is -0.355 e. The van der Waals surface area contributed by atoms with E-state index in [2.05, 4.69) is 10.6 Å². The normalized spacial score (nSPS) is 24.7. The molecule has 1 aliphatic rings. The first-order chi connectivity index (χ1) is 4.84. The van der Waals surface area contributed by atoms with Crippen molar-refractivity contribution in [1.82, 2.24) is 10.6 Å². The molecule has 1 rings (SSSR count). The van der Waals surface area contributed by atoms with Crippen molar-refractivity contribution >= 4 is 17.7 Å². The van der Waals surface area contributed by atoms with E-state index in [-0.39, 0.29) is 11.9 Å². The minimum absolute atomic E-state index is 0.0462. The average molecular weight is 160 g/mol. The predicted molar refractivity (Wildman–Crippen MR) is 42.9 cm³/mol. The molecule has 4 heteroatoms. The predicted octanol–water partition coefficient (Wildman–Crippen LogP) is -0.215. The second-order valence-electron chi connectivity index (χ2n) is 2.17. The smallest absolute Gasteiger partial charge is 0.238 e. The molecule has 3 nitrogen and oxygen atoms in total. The molecule has 0 saturated carbocycles. The van der Waals surface area contributed by atoms with E-state index in [1.165, 1.54) is 0 Å². The summed E-state index contributed by atoms with van der Waals surface area (Å²) in [4.78, 5) is 11.1. The second-order valence-corrected chi connectivity index (χ2v) is 3.20. The Morgan fingerprint density at radius 2 is 2.70 bits per heavy atom. The summed E-state index contributed by atoms with van der Waals surface area (Å²) in [6, 6.07) is 0.0462. The van der Waals surface area contributed by atoms with Crippen molar-refractivity contribution in [3.63, 3.8) is 0 Å². The van der Waals surface area contributed by atoms with Crippen LogP contribution in [0.15, 0.2) is 0 Å². The molecule has 1 aliphatic heterocycles. The molecule has 10 heavy (non-hydrogen) atoms. The first-order valence-corrected chi connectivity index (χ1v) is 4.59. The third kappa shape index (κ3) is 1.88. The van der Waals surface area contributed by atoms with Crippen molar-refractivity contribution < 1.29 is 4.79 Å². The Morgan fingerprint density at radius 1 is 1.90 bits per heavy atom. The molecule has 0 unspecified atom stereocenters. The molecule has 1 amide bonds. The van der Waals surface area contributed by atoms with Crippen LogP contribution in [0, 0.1) is 0 Å². The molecule has 0 aliphatic carbocycles. The zero-order chi connectivity index (χ0) is 7.40. The van der Waals surface area contributed by atoms with Crippen molar-refractivity contribution in [3.05, 3.63) is 0 Å². The first kappa shape index (κ1) is 7.88. The third-order valence-corrected chi connectivity index (χ3v) is 2.32. The maximum atomic E-state index is 11.1. The average Bonchev–Trinajstić information content (AvgIpc) is 2.38. The van der Waals surface area contributed by atoms with Crippen LogP contribution in [-0.4, -0.2) is 30.1 Å². The van der Waals surface area contributed by atoms with E-state index in [9.17, 15) is 4.79 Å². The van der Waals surface area contributed by atoms with Crippen LogP contribution in [0.4, 0.5) is 0 Å². The van der Waals surface area contributed by atoms with E-state index in [0.29, 0.717) is 0 Å². The van der Waals surface area contributed by atoms with Crippen LogP contribution in [0.1, 0.15) is 6.92 Å². The molecule has 2 N–H and O–H groups in total. The zero-order valence-electron chi connectivity index (χ0n) is 6.02. The number of carbonyl (C=O) groups excluding carboxylic acids is 1. The van der Waals surface area contributed by atoms with Crippen molar-refractivity contribution in [2.45, 2.75) is 13.0 Å². The summed E-state index contributed by atoms with van der Waals surface area (Å²) in [6.07, 6.45) is 0. The maximum absolute atomic E-state index is 11.1. The quantitative estimate of drug-likeness (QED) is 0.587. The molecule has 1 saturated heterocycles. The number of hydrogen-bond acceptors (Lipinski definition) is 3. The molecular weight excluding hydrogens is 148 g/mol. The van der Waals surface area contributed by atoms with Gasteiger partial charge in [-0.15, -0.1) is 11.8 Å². The van der Waals surface area contributed by atoms with Gasteiger partial charge in [0.2, 0.25) is 5.91 Å². The standard InChI is InChI=1S/C6H12N2OS/c1-2-7-6(9)5-3-10-4-8-5/h5,8H,2-4H2,1H3,(H,7,9)/t5-/m1/s1. The van der Waals surface area contributed by atoms with E-state index in [0.717, 1.165) is 18.2 Å². The molecule has 0 aromatic heterocycles. The van der Waals surface area contributed by atoms with E-state index in [1.54, 1.807) is 11.8 Å². The maximum Gasteiger partial charge on any atom is 0.238 e. The molecule has 0 spiro atoms. The Hall–Kier alpha value is -0.220. The molecule has 1 fully saturated rings. The third-order valence-electron chi connectivity index (χ3n) is 1.38. The number of amides is 1. The van der Waals surface area contributed by atoms with E-state index >= 15 is 0 Å². The number of thioether (sulfide) groups is 1. The zero-order valence-corrected chi connectivity index (χ0v) is 6.83. The van der Waals surface area contributed by atoms with Crippen LogP contribution >= 0.6 is 11.8 Å². The van der Waals surface area contributed by atoms with Gasteiger partial charge in [-0.25, -0.2) is 0 Å². The van der Waals surface area contributed by atoms with Gasteiger partial charge in [-0.1, -0.05) is 0 Å². The molecule has 58 valence electrons. The van der Waals surface area contributed by atoms with Gasteiger partial charge < -0.3 is 5.32 Å². The lowest BCUT2D eigenvalue weighted by Crippen LogP contribution is -2.41. The van der Waals surface area contributed by atoms with Crippen LogP contribution in [0.3, 0.4) is 0 Å².